The Hall–Kier alpha value is -2.89. The Morgan fingerprint density at radius 2 is 2.00 bits per heavy atom. The number of benzene rings is 2. The molecule has 11 heteroatoms. The van der Waals surface area contributed by atoms with Gasteiger partial charge in [0.05, 0.1) is 24.2 Å². The van der Waals surface area contributed by atoms with Crippen LogP contribution >= 0.6 is 11.8 Å². The van der Waals surface area contributed by atoms with Crippen molar-refractivity contribution in [1.29, 1.82) is 0 Å². The number of carbonyl (C=O) groups excluding carboxylic acids is 1. The molecule has 0 saturated heterocycles. The van der Waals surface area contributed by atoms with E-state index in [2.05, 4.69) is 15.5 Å². The first kappa shape index (κ1) is 24.7. The molecular weight excluding hydrogens is 464 g/mol. The molecule has 1 aromatic heterocycles. The highest BCUT2D eigenvalue weighted by molar-refractivity contribution is 7.98. The Balaban J connectivity index is 1.82. The van der Waals surface area contributed by atoms with Crippen LogP contribution < -0.4 is 10.1 Å². The number of carbonyl (C=O) groups is 1. The van der Waals surface area contributed by atoms with Crippen LogP contribution in [-0.4, -0.2) is 49.2 Å². The van der Waals surface area contributed by atoms with Crippen molar-refractivity contribution in [2.24, 2.45) is 5.92 Å². The number of anilines is 1. The van der Waals surface area contributed by atoms with Crippen LogP contribution in [0.1, 0.15) is 19.7 Å². The van der Waals surface area contributed by atoms with E-state index in [1.165, 1.54) is 30.9 Å². The number of nitrogens with zero attached hydrogens (tertiary/aromatic N) is 3. The first-order chi connectivity index (χ1) is 15.6. The van der Waals surface area contributed by atoms with Gasteiger partial charge in [-0.1, -0.05) is 31.1 Å². The molecule has 0 aliphatic heterocycles. The number of hydrogen-bond acceptors (Lipinski definition) is 8. The molecule has 1 N–H and O–H groups in total. The van der Waals surface area contributed by atoms with Crippen molar-refractivity contribution in [3.05, 3.63) is 48.4 Å². The van der Waals surface area contributed by atoms with Crippen molar-refractivity contribution < 1.29 is 22.5 Å². The van der Waals surface area contributed by atoms with E-state index < -0.39 is 10.0 Å². The number of sulfonamides is 1. The van der Waals surface area contributed by atoms with Crippen LogP contribution in [0.15, 0.2) is 56.8 Å². The summed E-state index contributed by atoms with van der Waals surface area (Å²) >= 11 is 1.42. The summed E-state index contributed by atoms with van der Waals surface area (Å²) in [5.41, 5.74) is 1.14. The van der Waals surface area contributed by atoms with Crippen LogP contribution in [0.5, 0.6) is 5.75 Å². The lowest BCUT2D eigenvalue weighted by Crippen LogP contribution is -2.27. The molecule has 0 atom stereocenters. The first-order valence-electron chi connectivity index (χ1n) is 10.1. The number of amides is 1. The maximum atomic E-state index is 13.2. The molecule has 0 aliphatic rings. The monoisotopic (exact) mass is 490 g/mol. The smallest absolute Gasteiger partial charge is 0.243 e. The number of thioether (sulfide) groups is 1. The lowest BCUT2D eigenvalue weighted by atomic mass is 10.2. The molecule has 0 aliphatic carbocycles. The zero-order valence-corrected chi connectivity index (χ0v) is 20.7. The maximum absolute atomic E-state index is 13.2. The largest absolute Gasteiger partial charge is 0.497 e. The third-order valence-corrected chi connectivity index (χ3v) is 7.41. The van der Waals surface area contributed by atoms with Gasteiger partial charge in [-0.25, -0.2) is 8.42 Å². The number of nitrogens with one attached hydrogen (secondary N) is 1. The van der Waals surface area contributed by atoms with Crippen molar-refractivity contribution >= 4 is 33.4 Å². The Labute approximate surface area is 197 Å². The highest BCUT2D eigenvalue weighted by Gasteiger charge is 2.25. The molecule has 1 amide bonds. The summed E-state index contributed by atoms with van der Waals surface area (Å²) in [6.07, 6.45) is 1.86. The van der Waals surface area contributed by atoms with Gasteiger partial charge in [0.25, 0.3) is 0 Å². The van der Waals surface area contributed by atoms with Gasteiger partial charge in [-0.2, -0.15) is 9.29 Å². The molecule has 33 heavy (non-hydrogen) atoms. The summed E-state index contributed by atoms with van der Waals surface area (Å²) in [6, 6.07) is 11.8. The minimum Gasteiger partial charge on any atom is -0.497 e. The Bertz CT molecular complexity index is 1240. The zero-order valence-electron chi connectivity index (χ0n) is 19.0. The third kappa shape index (κ3) is 5.73. The summed E-state index contributed by atoms with van der Waals surface area (Å²) in [4.78, 5) is 17.3. The van der Waals surface area contributed by atoms with E-state index >= 15 is 0 Å². The second-order valence-corrected chi connectivity index (χ2v) is 10.4. The van der Waals surface area contributed by atoms with Gasteiger partial charge >= 0.3 is 0 Å². The minimum absolute atomic E-state index is 0.0504. The van der Waals surface area contributed by atoms with Gasteiger partial charge in [-0.05, 0) is 36.6 Å². The molecule has 176 valence electrons. The number of rotatable bonds is 9. The number of methoxy groups -OCH3 is 1. The molecule has 0 unspecified atom stereocenters. The van der Waals surface area contributed by atoms with Crippen molar-refractivity contribution in [3.8, 4) is 17.1 Å². The average Bonchev–Trinajstić information content (AvgIpc) is 3.27. The molecule has 3 rings (SSSR count). The Morgan fingerprint density at radius 1 is 1.24 bits per heavy atom. The lowest BCUT2D eigenvalue weighted by Gasteiger charge is -2.17. The van der Waals surface area contributed by atoms with Gasteiger partial charge in [0.15, 0.2) is 0 Å². The van der Waals surface area contributed by atoms with Crippen molar-refractivity contribution in [2.45, 2.75) is 30.2 Å². The van der Waals surface area contributed by atoms with E-state index in [0.29, 0.717) is 22.8 Å². The second kappa shape index (κ2) is 10.4. The maximum Gasteiger partial charge on any atom is 0.243 e. The molecule has 0 fully saturated rings. The van der Waals surface area contributed by atoms with Gasteiger partial charge in [0, 0.05) is 23.4 Å². The predicted octanol–water partition coefficient (Wildman–Crippen LogP) is 3.88. The van der Waals surface area contributed by atoms with Crippen molar-refractivity contribution in [3.63, 3.8) is 0 Å². The number of hydrogen-bond donors (Lipinski definition) is 1. The molecule has 0 bridgehead atoms. The van der Waals surface area contributed by atoms with Crippen LogP contribution in [0.2, 0.25) is 0 Å². The SMILES string of the molecule is COc1cccc(-c2noc(CN(C)S(=O)(=O)c3ccc(SC)c(NC(=O)C(C)C)c3)n2)c1. The number of aromatic nitrogens is 2. The average molecular weight is 491 g/mol. The van der Waals surface area contributed by atoms with E-state index in [1.807, 2.05) is 6.26 Å². The standard InChI is InChI=1S/C22H26N4O5S2/c1-14(2)22(27)23-18-12-17(9-10-19(18)32-5)33(28,29)26(3)13-20-24-21(25-31-20)15-7-6-8-16(11-15)30-4/h6-12,14H,13H2,1-5H3,(H,23,27). The van der Waals surface area contributed by atoms with Crippen LogP contribution in [-0.2, 0) is 21.4 Å². The van der Waals surface area contributed by atoms with Gasteiger partial charge < -0.3 is 14.6 Å². The second-order valence-electron chi connectivity index (χ2n) is 7.51. The summed E-state index contributed by atoms with van der Waals surface area (Å²) < 4.78 is 37.9. The van der Waals surface area contributed by atoms with E-state index in [4.69, 9.17) is 9.26 Å². The normalized spacial score (nSPS) is 11.7. The van der Waals surface area contributed by atoms with Crippen LogP contribution in [0, 0.1) is 5.92 Å². The summed E-state index contributed by atoms with van der Waals surface area (Å²) in [5.74, 6) is 0.696. The molecule has 0 radical (unpaired) electrons. The fourth-order valence-corrected chi connectivity index (χ4v) is 4.56. The summed E-state index contributed by atoms with van der Waals surface area (Å²) in [6.45, 7) is 3.43. The van der Waals surface area contributed by atoms with E-state index in [-0.39, 0.29) is 29.2 Å². The summed E-state index contributed by atoms with van der Waals surface area (Å²) in [5, 5.41) is 6.74. The zero-order chi connectivity index (χ0) is 24.2. The van der Waals surface area contributed by atoms with Crippen molar-refractivity contribution in [2.75, 3.05) is 25.7 Å². The van der Waals surface area contributed by atoms with Crippen LogP contribution in [0.3, 0.4) is 0 Å². The molecular formula is C22H26N4O5S2. The summed E-state index contributed by atoms with van der Waals surface area (Å²) in [7, 11) is -0.890. The first-order valence-corrected chi connectivity index (χ1v) is 12.7. The van der Waals surface area contributed by atoms with Crippen LogP contribution in [0.4, 0.5) is 5.69 Å². The van der Waals surface area contributed by atoms with Gasteiger partial charge in [-0.15, -0.1) is 11.8 Å². The molecule has 2 aromatic carbocycles. The van der Waals surface area contributed by atoms with E-state index in [9.17, 15) is 13.2 Å². The molecule has 0 saturated carbocycles. The molecule has 0 spiro atoms. The third-order valence-electron chi connectivity index (χ3n) is 4.82. The van der Waals surface area contributed by atoms with E-state index in [0.717, 1.165) is 9.20 Å². The van der Waals surface area contributed by atoms with Gasteiger partial charge in [0.1, 0.15) is 5.75 Å². The molecule has 1 heterocycles. The van der Waals surface area contributed by atoms with E-state index in [1.54, 1.807) is 51.3 Å². The topological polar surface area (TPSA) is 115 Å². The number of ether oxygens (including phenoxy) is 1. The Morgan fingerprint density at radius 3 is 2.67 bits per heavy atom. The van der Waals surface area contributed by atoms with Gasteiger partial charge in [-0.3, -0.25) is 4.79 Å². The highest BCUT2D eigenvalue weighted by Crippen LogP contribution is 2.30. The fourth-order valence-electron chi connectivity index (χ4n) is 2.88. The van der Waals surface area contributed by atoms with Crippen LogP contribution in [0.25, 0.3) is 11.4 Å². The lowest BCUT2D eigenvalue weighted by molar-refractivity contribution is -0.118. The highest BCUT2D eigenvalue weighted by atomic mass is 32.2. The molecule has 9 nitrogen and oxygen atoms in total. The predicted molar refractivity (Wildman–Crippen MR) is 127 cm³/mol. The molecule has 3 aromatic rings. The van der Waals surface area contributed by atoms with Gasteiger partial charge in [0.2, 0.25) is 27.6 Å². The fraction of sp³-hybridized carbons (Fsp3) is 0.318. The Kier molecular flexibility index (Phi) is 7.77. The minimum atomic E-state index is -3.88. The van der Waals surface area contributed by atoms with Crippen molar-refractivity contribution in [1.82, 2.24) is 14.4 Å². The quantitative estimate of drug-likeness (QED) is 0.450.